The molecule has 2 aromatic rings. The maximum absolute atomic E-state index is 12.3. The van der Waals surface area contributed by atoms with Gasteiger partial charge in [0.05, 0.1) is 4.47 Å². The largest absolute Gasteiger partial charge is 0.433 e. The van der Waals surface area contributed by atoms with Gasteiger partial charge >= 0.3 is 6.18 Å². The summed E-state index contributed by atoms with van der Waals surface area (Å²) < 4.78 is 38.1. The number of aromatic nitrogens is 3. The Balaban J connectivity index is 2.82. The van der Waals surface area contributed by atoms with Crippen LogP contribution in [0.2, 0.25) is 0 Å². The molecule has 2 heterocycles. The van der Waals surface area contributed by atoms with Gasteiger partial charge in [-0.25, -0.2) is 9.50 Å². The Bertz CT molecular complexity index is 571. The molecule has 4 nitrogen and oxygen atoms in total. The zero-order valence-electron chi connectivity index (χ0n) is 6.97. The molecule has 0 radical (unpaired) electrons. The Morgan fingerprint density at radius 3 is 2.73 bits per heavy atom. The number of H-pyrrole nitrogens is 1. The van der Waals surface area contributed by atoms with E-state index in [0.29, 0.717) is 10.5 Å². The standard InChI is InChI=1S/C7H3BrF3N3O/c8-3-2-12-14-5(15)1-4(7(9,10)11)13-6(3)14/h1-2,12H. The van der Waals surface area contributed by atoms with E-state index in [9.17, 15) is 18.0 Å². The van der Waals surface area contributed by atoms with Crippen LogP contribution in [-0.2, 0) is 6.18 Å². The summed E-state index contributed by atoms with van der Waals surface area (Å²) in [6.45, 7) is 0. The number of halogens is 4. The lowest BCUT2D eigenvalue weighted by molar-refractivity contribution is -0.141. The second-order valence-corrected chi connectivity index (χ2v) is 3.61. The van der Waals surface area contributed by atoms with E-state index in [0.717, 1.165) is 4.52 Å². The van der Waals surface area contributed by atoms with E-state index in [4.69, 9.17) is 0 Å². The molecule has 2 rings (SSSR count). The molecule has 0 aliphatic heterocycles. The summed E-state index contributed by atoms with van der Waals surface area (Å²) >= 11 is 2.98. The Morgan fingerprint density at radius 2 is 2.13 bits per heavy atom. The van der Waals surface area contributed by atoms with Crippen LogP contribution in [-0.4, -0.2) is 14.6 Å². The Morgan fingerprint density at radius 1 is 1.47 bits per heavy atom. The summed E-state index contributed by atoms with van der Waals surface area (Å²) in [5.74, 6) is 0. The average molecular weight is 282 g/mol. The summed E-state index contributed by atoms with van der Waals surface area (Å²) in [5, 5.41) is 2.46. The van der Waals surface area contributed by atoms with Gasteiger partial charge in [0.2, 0.25) is 0 Å². The third-order valence-electron chi connectivity index (χ3n) is 1.74. The van der Waals surface area contributed by atoms with Crippen LogP contribution in [0.4, 0.5) is 13.2 Å². The highest BCUT2D eigenvalue weighted by atomic mass is 79.9. The van der Waals surface area contributed by atoms with E-state index in [1.807, 2.05) is 0 Å². The van der Waals surface area contributed by atoms with Gasteiger partial charge in [0, 0.05) is 12.3 Å². The minimum absolute atomic E-state index is 0.0881. The Kier molecular flexibility index (Phi) is 2.10. The zero-order valence-corrected chi connectivity index (χ0v) is 8.56. The van der Waals surface area contributed by atoms with Gasteiger partial charge in [0.25, 0.3) is 5.56 Å². The van der Waals surface area contributed by atoms with Gasteiger partial charge in [0.15, 0.2) is 11.3 Å². The van der Waals surface area contributed by atoms with Crippen molar-refractivity contribution in [3.05, 3.63) is 32.8 Å². The molecule has 0 saturated heterocycles. The lowest BCUT2D eigenvalue weighted by atomic mass is 10.4. The van der Waals surface area contributed by atoms with Gasteiger partial charge in [-0.05, 0) is 15.9 Å². The van der Waals surface area contributed by atoms with E-state index in [-0.39, 0.29) is 5.65 Å². The Labute approximate surface area is 88.8 Å². The highest BCUT2D eigenvalue weighted by Gasteiger charge is 2.33. The summed E-state index contributed by atoms with van der Waals surface area (Å²) in [6.07, 6.45) is -3.28. The number of rotatable bonds is 0. The van der Waals surface area contributed by atoms with Crippen molar-refractivity contribution in [1.82, 2.24) is 14.6 Å². The fourth-order valence-electron chi connectivity index (χ4n) is 1.10. The van der Waals surface area contributed by atoms with Crippen molar-refractivity contribution in [2.24, 2.45) is 0 Å². The van der Waals surface area contributed by atoms with Crippen molar-refractivity contribution < 1.29 is 13.2 Å². The van der Waals surface area contributed by atoms with Crippen molar-refractivity contribution in [2.45, 2.75) is 6.18 Å². The normalized spacial score (nSPS) is 12.3. The van der Waals surface area contributed by atoms with E-state index in [1.165, 1.54) is 6.20 Å². The number of nitrogens with one attached hydrogen (secondary N) is 1. The maximum Gasteiger partial charge on any atom is 0.433 e. The van der Waals surface area contributed by atoms with Crippen molar-refractivity contribution in [1.29, 1.82) is 0 Å². The van der Waals surface area contributed by atoms with E-state index in [2.05, 4.69) is 26.0 Å². The molecule has 80 valence electrons. The summed E-state index contributed by atoms with van der Waals surface area (Å²) in [5.41, 5.74) is -2.10. The first-order valence-corrected chi connectivity index (χ1v) is 4.53. The molecule has 8 heteroatoms. The molecule has 0 bridgehead atoms. The third-order valence-corrected chi connectivity index (χ3v) is 2.33. The van der Waals surface area contributed by atoms with Gasteiger partial charge in [-0.15, -0.1) is 0 Å². The molecule has 0 spiro atoms. The number of fused-ring (bicyclic) bond motifs is 1. The molecule has 2 aromatic heterocycles. The smallest absolute Gasteiger partial charge is 0.296 e. The summed E-state index contributed by atoms with van der Waals surface area (Å²) in [7, 11) is 0. The van der Waals surface area contributed by atoms with Crippen LogP contribution < -0.4 is 5.56 Å². The lowest BCUT2D eigenvalue weighted by Crippen LogP contribution is -2.19. The topological polar surface area (TPSA) is 50.2 Å². The van der Waals surface area contributed by atoms with Crippen LogP contribution in [0.25, 0.3) is 5.65 Å². The monoisotopic (exact) mass is 281 g/mol. The molecular formula is C7H3BrF3N3O. The minimum atomic E-state index is -4.62. The molecule has 0 aliphatic carbocycles. The SMILES string of the molecule is O=c1cc(C(F)(F)F)nc2c(Br)c[nH]n12. The summed E-state index contributed by atoms with van der Waals surface area (Å²) in [4.78, 5) is 14.6. The number of aromatic amines is 1. The second-order valence-electron chi connectivity index (χ2n) is 2.76. The molecule has 0 unspecified atom stereocenters. The molecule has 0 aromatic carbocycles. The van der Waals surface area contributed by atoms with E-state index < -0.39 is 17.4 Å². The highest BCUT2D eigenvalue weighted by Crippen LogP contribution is 2.27. The number of hydrogen-bond donors (Lipinski definition) is 1. The van der Waals surface area contributed by atoms with Crippen molar-refractivity contribution >= 4 is 21.6 Å². The second kappa shape index (κ2) is 3.09. The van der Waals surface area contributed by atoms with Crippen molar-refractivity contribution in [2.75, 3.05) is 0 Å². The van der Waals surface area contributed by atoms with Crippen LogP contribution in [0.15, 0.2) is 21.5 Å². The lowest BCUT2D eigenvalue weighted by Gasteiger charge is -2.04. The van der Waals surface area contributed by atoms with Gasteiger partial charge < -0.3 is 0 Å². The van der Waals surface area contributed by atoms with Crippen molar-refractivity contribution in [3.8, 4) is 0 Å². The van der Waals surface area contributed by atoms with Gasteiger partial charge in [-0.2, -0.15) is 13.2 Å². The van der Waals surface area contributed by atoms with Crippen LogP contribution in [0.1, 0.15) is 5.69 Å². The summed E-state index contributed by atoms with van der Waals surface area (Å²) in [6, 6.07) is 0.440. The minimum Gasteiger partial charge on any atom is -0.296 e. The van der Waals surface area contributed by atoms with Crippen molar-refractivity contribution in [3.63, 3.8) is 0 Å². The predicted molar refractivity (Wildman–Crippen MR) is 48.5 cm³/mol. The Hall–Kier alpha value is -1.31. The number of nitrogens with zero attached hydrogens (tertiary/aromatic N) is 2. The first-order valence-electron chi connectivity index (χ1n) is 3.73. The molecule has 0 aliphatic rings. The van der Waals surface area contributed by atoms with Gasteiger partial charge in [-0.1, -0.05) is 0 Å². The molecule has 0 atom stereocenters. The number of alkyl halides is 3. The zero-order chi connectivity index (χ0) is 11.2. The van der Waals surface area contributed by atoms with Crippen LogP contribution >= 0.6 is 15.9 Å². The number of hydrogen-bond acceptors (Lipinski definition) is 2. The molecule has 0 amide bonds. The van der Waals surface area contributed by atoms with Crippen LogP contribution in [0.3, 0.4) is 0 Å². The van der Waals surface area contributed by atoms with Gasteiger partial charge in [0.1, 0.15) is 0 Å². The first kappa shape index (κ1) is 10.2. The predicted octanol–water partition coefficient (Wildman–Crippen LogP) is 1.80. The van der Waals surface area contributed by atoms with Crippen LogP contribution in [0, 0.1) is 0 Å². The maximum atomic E-state index is 12.3. The van der Waals surface area contributed by atoms with E-state index in [1.54, 1.807) is 0 Å². The molecule has 1 N–H and O–H groups in total. The first-order chi connectivity index (χ1) is 6.89. The fourth-order valence-corrected chi connectivity index (χ4v) is 1.47. The molecule has 0 saturated carbocycles. The molecule has 0 fully saturated rings. The van der Waals surface area contributed by atoms with Crippen LogP contribution in [0.5, 0.6) is 0 Å². The molecular weight excluding hydrogens is 279 g/mol. The highest BCUT2D eigenvalue weighted by molar-refractivity contribution is 9.10. The molecule has 15 heavy (non-hydrogen) atoms. The average Bonchev–Trinajstić information content (AvgIpc) is 2.47. The van der Waals surface area contributed by atoms with E-state index >= 15 is 0 Å². The quantitative estimate of drug-likeness (QED) is 0.801. The fraction of sp³-hybridized carbons (Fsp3) is 0.143. The third kappa shape index (κ3) is 1.65. The van der Waals surface area contributed by atoms with Gasteiger partial charge in [-0.3, -0.25) is 9.89 Å².